The molecule has 0 aliphatic heterocycles. The highest BCUT2D eigenvalue weighted by Gasteiger charge is 2.12. The zero-order chi connectivity index (χ0) is 12.4. The van der Waals surface area contributed by atoms with Gasteiger partial charge in [-0.3, -0.25) is 4.79 Å². The van der Waals surface area contributed by atoms with Gasteiger partial charge in [0.25, 0.3) is 0 Å². The molecule has 1 amide bonds. The highest BCUT2D eigenvalue weighted by atomic mass is 16.5. The second-order valence-corrected chi connectivity index (χ2v) is 4.20. The first-order chi connectivity index (χ1) is 7.65. The quantitative estimate of drug-likeness (QED) is 0.648. The van der Waals surface area contributed by atoms with Crippen molar-refractivity contribution in [1.29, 1.82) is 0 Å². The molecule has 2 N–H and O–H groups in total. The van der Waals surface area contributed by atoms with Gasteiger partial charge in [-0.15, -0.1) is 0 Å². The molecule has 0 aliphatic rings. The van der Waals surface area contributed by atoms with E-state index in [1.165, 1.54) is 0 Å². The highest BCUT2D eigenvalue weighted by molar-refractivity contribution is 5.75. The maximum Gasteiger partial charge on any atom is 0.222 e. The van der Waals surface area contributed by atoms with E-state index in [9.17, 15) is 4.79 Å². The Kier molecular flexibility index (Phi) is 9.24. The monoisotopic (exact) mass is 230 g/mol. The number of hydrogen-bond donors (Lipinski definition) is 1. The summed E-state index contributed by atoms with van der Waals surface area (Å²) in [6.45, 7) is 4.14. The maximum atomic E-state index is 11.7. The molecule has 4 heteroatoms. The van der Waals surface area contributed by atoms with E-state index in [0.717, 1.165) is 19.3 Å². The smallest absolute Gasteiger partial charge is 0.222 e. The van der Waals surface area contributed by atoms with Crippen molar-refractivity contribution in [3.05, 3.63) is 0 Å². The van der Waals surface area contributed by atoms with Crippen molar-refractivity contribution in [2.45, 2.75) is 32.6 Å². The molecule has 0 aromatic carbocycles. The fraction of sp³-hybridized carbons (Fsp3) is 0.917. The number of ether oxygens (including phenoxy) is 1. The van der Waals surface area contributed by atoms with Crippen molar-refractivity contribution in [2.75, 3.05) is 33.9 Å². The summed E-state index contributed by atoms with van der Waals surface area (Å²) in [6, 6.07) is 0. The number of nitrogens with zero attached hydrogens (tertiary/aromatic N) is 1. The molecule has 0 saturated heterocycles. The van der Waals surface area contributed by atoms with Crippen molar-refractivity contribution in [3.63, 3.8) is 0 Å². The predicted octanol–water partition coefficient (Wildman–Crippen LogP) is 1.25. The molecular weight excluding hydrogens is 204 g/mol. The van der Waals surface area contributed by atoms with Crippen LogP contribution in [-0.2, 0) is 9.53 Å². The fourth-order valence-electron chi connectivity index (χ4n) is 1.66. The van der Waals surface area contributed by atoms with Crippen molar-refractivity contribution < 1.29 is 9.53 Å². The Morgan fingerprint density at radius 2 is 2.12 bits per heavy atom. The van der Waals surface area contributed by atoms with Crippen molar-refractivity contribution >= 4 is 5.91 Å². The van der Waals surface area contributed by atoms with Gasteiger partial charge >= 0.3 is 0 Å². The van der Waals surface area contributed by atoms with Gasteiger partial charge < -0.3 is 15.4 Å². The Hall–Kier alpha value is -0.610. The van der Waals surface area contributed by atoms with Crippen LogP contribution in [0.1, 0.15) is 32.6 Å². The average molecular weight is 230 g/mol. The van der Waals surface area contributed by atoms with Crippen LogP contribution in [-0.4, -0.2) is 44.7 Å². The molecule has 0 aromatic rings. The minimum Gasteiger partial charge on any atom is -0.383 e. The summed E-state index contributed by atoms with van der Waals surface area (Å²) in [7, 11) is 3.47. The maximum absolute atomic E-state index is 11.7. The molecule has 1 atom stereocenters. The van der Waals surface area contributed by atoms with Crippen LogP contribution in [0.2, 0.25) is 0 Å². The third kappa shape index (κ3) is 6.80. The molecule has 0 aliphatic carbocycles. The summed E-state index contributed by atoms with van der Waals surface area (Å²) < 4.78 is 4.94. The standard InChI is InChI=1S/C12H26N2O2/c1-4-11(7-8-13)5-6-12(15)14(2)9-10-16-3/h11H,4-10,13H2,1-3H3. The van der Waals surface area contributed by atoms with Crippen LogP contribution in [0.3, 0.4) is 0 Å². The Labute approximate surface area is 99.1 Å². The van der Waals surface area contributed by atoms with E-state index in [1.54, 1.807) is 12.0 Å². The first-order valence-corrected chi connectivity index (χ1v) is 6.08. The van der Waals surface area contributed by atoms with Crippen LogP contribution in [0.15, 0.2) is 0 Å². The number of carbonyl (C=O) groups excluding carboxylic acids is 1. The Balaban J connectivity index is 3.76. The zero-order valence-electron chi connectivity index (χ0n) is 10.9. The number of amides is 1. The second kappa shape index (κ2) is 9.60. The molecular formula is C12H26N2O2. The lowest BCUT2D eigenvalue weighted by Gasteiger charge is -2.18. The lowest BCUT2D eigenvalue weighted by Crippen LogP contribution is -2.30. The van der Waals surface area contributed by atoms with E-state index >= 15 is 0 Å². The zero-order valence-corrected chi connectivity index (χ0v) is 10.9. The van der Waals surface area contributed by atoms with Crippen molar-refractivity contribution in [2.24, 2.45) is 11.7 Å². The molecule has 0 fully saturated rings. The summed E-state index contributed by atoms with van der Waals surface area (Å²) in [5.74, 6) is 0.789. The summed E-state index contributed by atoms with van der Waals surface area (Å²) in [4.78, 5) is 13.4. The summed E-state index contributed by atoms with van der Waals surface area (Å²) >= 11 is 0. The van der Waals surface area contributed by atoms with Crippen LogP contribution in [0, 0.1) is 5.92 Å². The van der Waals surface area contributed by atoms with Crippen LogP contribution >= 0.6 is 0 Å². The molecule has 0 saturated carbocycles. The molecule has 96 valence electrons. The van der Waals surface area contributed by atoms with Gasteiger partial charge in [-0.1, -0.05) is 13.3 Å². The minimum absolute atomic E-state index is 0.201. The lowest BCUT2D eigenvalue weighted by atomic mass is 9.96. The third-order valence-corrected chi connectivity index (χ3v) is 2.98. The molecule has 0 spiro atoms. The van der Waals surface area contributed by atoms with Crippen molar-refractivity contribution in [1.82, 2.24) is 4.90 Å². The molecule has 1 unspecified atom stereocenters. The predicted molar refractivity (Wildman–Crippen MR) is 66.2 cm³/mol. The molecule has 0 radical (unpaired) electrons. The average Bonchev–Trinajstić information content (AvgIpc) is 2.30. The van der Waals surface area contributed by atoms with Crippen LogP contribution in [0.5, 0.6) is 0 Å². The summed E-state index contributed by atoms with van der Waals surface area (Å²) in [6.07, 6.45) is 3.69. The summed E-state index contributed by atoms with van der Waals surface area (Å²) in [5, 5.41) is 0. The van der Waals surface area contributed by atoms with E-state index < -0.39 is 0 Å². The number of methoxy groups -OCH3 is 1. The first kappa shape index (κ1) is 15.4. The molecule has 0 heterocycles. The largest absolute Gasteiger partial charge is 0.383 e. The normalized spacial score (nSPS) is 12.5. The van der Waals surface area contributed by atoms with E-state index in [-0.39, 0.29) is 5.91 Å². The number of nitrogens with two attached hydrogens (primary N) is 1. The van der Waals surface area contributed by atoms with Gasteiger partial charge in [0.1, 0.15) is 0 Å². The Bertz CT molecular complexity index is 186. The Morgan fingerprint density at radius 3 is 2.62 bits per heavy atom. The van der Waals surface area contributed by atoms with Crippen molar-refractivity contribution in [3.8, 4) is 0 Å². The van der Waals surface area contributed by atoms with Gasteiger partial charge in [-0.2, -0.15) is 0 Å². The highest BCUT2D eigenvalue weighted by Crippen LogP contribution is 2.15. The molecule has 0 aromatic heterocycles. The third-order valence-electron chi connectivity index (χ3n) is 2.98. The number of rotatable bonds is 9. The van der Waals surface area contributed by atoms with E-state index in [2.05, 4.69) is 6.92 Å². The molecule has 4 nitrogen and oxygen atoms in total. The lowest BCUT2D eigenvalue weighted by molar-refractivity contribution is -0.130. The number of hydrogen-bond acceptors (Lipinski definition) is 3. The molecule has 16 heavy (non-hydrogen) atoms. The van der Waals surface area contributed by atoms with Gasteiger partial charge in [0, 0.05) is 27.1 Å². The molecule has 0 rings (SSSR count). The van der Waals surface area contributed by atoms with Crippen LogP contribution < -0.4 is 5.73 Å². The SMILES string of the molecule is CCC(CCN)CCC(=O)N(C)CCOC. The van der Waals surface area contributed by atoms with Gasteiger partial charge in [0.2, 0.25) is 5.91 Å². The summed E-state index contributed by atoms with van der Waals surface area (Å²) in [5.41, 5.74) is 5.53. The van der Waals surface area contributed by atoms with E-state index in [4.69, 9.17) is 10.5 Å². The fourth-order valence-corrected chi connectivity index (χ4v) is 1.66. The van der Waals surface area contributed by atoms with Gasteiger partial charge in [0.15, 0.2) is 0 Å². The van der Waals surface area contributed by atoms with Gasteiger partial charge in [0.05, 0.1) is 6.61 Å². The number of likely N-dealkylation sites (N-methyl/N-ethyl adjacent to an activating group) is 1. The second-order valence-electron chi connectivity index (χ2n) is 4.20. The van der Waals surface area contributed by atoms with Crippen LogP contribution in [0.4, 0.5) is 0 Å². The number of carbonyl (C=O) groups is 1. The topological polar surface area (TPSA) is 55.6 Å². The van der Waals surface area contributed by atoms with E-state index in [0.29, 0.717) is 32.0 Å². The Morgan fingerprint density at radius 1 is 1.44 bits per heavy atom. The first-order valence-electron chi connectivity index (χ1n) is 6.08. The van der Waals surface area contributed by atoms with Gasteiger partial charge in [-0.25, -0.2) is 0 Å². The van der Waals surface area contributed by atoms with E-state index in [1.807, 2.05) is 7.05 Å². The van der Waals surface area contributed by atoms with Gasteiger partial charge in [-0.05, 0) is 25.3 Å². The van der Waals surface area contributed by atoms with Crippen LogP contribution in [0.25, 0.3) is 0 Å². The molecule has 0 bridgehead atoms. The minimum atomic E-state index is 0.201.